The van der Waals surface area contributed by atoms with E-state index in [0.29, 0.717) is 18.0 Å². The Balaban J connectivity index is 2.27. The first-order valence-corrected chi connectivity index (χ1v) is 6.43. The Bertz CT molecular complexity index is 381. The predicted octanol–water partition coefficient (Wildman–Crippen LogP) is 2.03. The van der Waals surface area contributed by atoms with Crippen LogP contribution < -0.4 is 10.6 Å². The van der Waals surface area contributed by atoms with Crippen LogP contribution in [0.3, 0.4) is 0 Å². The van der Waals surface area contributed by atoms with Crippen LogP contribution in [0.1, 0.15) is 19.8 Å². The van der Waals surface area contributed by atoms with Gasteiger partial charge in [-0.2, -0.15) is 0 Å². The van der Waals surface area contributed by atoms with E-state index >= 15 is 0 Å². The topological polar surface area (TPSA) is 61.4 Å². The first-order valence-electron chi connectivity index (χ1n) is 6.05. The summed E-state index contributed by atoms with van der Waals surface area (Å²) in [6.07, 6.45) is 1.09. The summed E-state index contributed by atoms with van der Waals surface area (Å²) < 4.78 is 0. The standard InChI is InChI=1S/C13H19ClN2O2/c1-2-11(9-17)16-13(18)6-7-15-12-5-3-4-10(14)8-12/h3-5,8,11,15,17H,2,6-7,9H2,1H3,(H,16,18). The van der Waals surface area contributed by atoms with Gasteiger partial charge < -0.3 is 15.7 Å². The van der Waals surface area contributed by atoms with Crippen LogP contribution in [0, 0.1) is 0 Å². The van der Waals surface area contributed by atoms with Crippen molar-refractivity contribution in [2.45, 2.75) is 25.8 Å². The van der Waals surface area contributed by atoms with Crippen molar-refractivity contribution in [2.24, 2.45) is 0 Å². The minimum absolute atomic E-state index is 0.0238. The van der Waals surface area contributed by atoms with Gasteiger partial charge in [0.05, 0.1) is 12.6 Å². The lowest BCUT2D eigenvalue weighted by molar-refractivity contribution is -0.121. The van der Waals surface area contributed by atoms with Gasteiger partial charge in [-0.25, -0.2) is 0 Å². The molecule has 100 valence electrons. The lowest BCUT2D eigenvalue weighted by Gasteiger charge is -2.14. The Hall–Kier alpha value is -1.26. The third-order valence-corrected chi connectivity index (χ3v) is 2.82. The molecule has 0 fully saturated rings. The van der Waals surface area contributed by atoms with Gasteiger partial charge >= 0.3 is 0 Å². The quantitative estimate of drug-likeness (QED) is 0.710. The number of benzene rings is 1. The molecule has 18 heavy (non-hydrogen) atoms. The molecule has 1 aromatic rings. The van der Waals surface area contributed by atoms with Crippen LogP contribution in [0.2, 0.25) is 5.02 Å². The second-order valence-corrected chi connectivity index (χ2v) is 4.48. The highest BCUT2D eigenvalue weighted by Gasteiger charge is 2.08. The largest absolute Gasteiger partial charge is 0.394 e. The molecule has 3 N–H and O–H groups in total. The van der Waals surface area contributed by atoms with Crippen LogP contribution in [0.25, 0.3) is 0 Å². The smallest absolute Gasteiger partial charge is 0.222 e. The summed E-state index contributed by atoms with van der Waals surface area (Å²) in [5.41, 5.74) is 0.893. The molecule has 0 saturated carbocycles. The van der Waals surface area contributed by atoms with Crippen molar-refractivity contribution in [1.82, 2.24) is 5.32 Å². The van der Waals surface area contributed by atoms with Crippen LogP contribution in [-0.2, 0) is 4.79 Å². The normalized spacial score (nSPS) is 11.9. The van der Waals surface area contributed by atoms with E-state index in [4.69, 9.17) is 16.7 Å². The van der Waals surface area contributed by atoms with Crippen molar-refractivity contribution in [3.8, 4) is 0 Å². The molecule has 0 aliphatic carbocycles. The molecule has 0 heterocycles. The van der Waals surface area contributed by atoms with Gasteiger partial charge in [0.1, 0.15) is 0 Å². The maximum absolute atomic E-state index is 11.5. The van der Waals surface area contributed by atoms with Crippen molar-refractivity contribution in [3.63, 3.8) is 0 Å². The number of anilines is 1. The van der Waals surface area contributed by atoms with Crippen molar-refractivity contribution >= 4 is 23.2 Å². The molecule has 0 aromatic heterocycles. The van der Waals surface area contributed by atoms with E-state index in [2.05, 4.69) is 10.6 Å². The Kier molecular flexibility index (Phi) is 6.54. The van der Waals surface area contributed by atoms with E-state index in [9.17, 15) is 4.79 Å². The monoisotopic (exact) mass is 270 g/mol. The Morgan fingerprint density at radius 1 is 1.50 bits per heavy atom. The third-order valence-electron chi connectivity index (χ3n) is 2.58. The fourth-order valence-electron chi connectivity index (χ4n) is 1.50. The maximum atomic E-state index is 11.5. The SMILES string of the molecule is CCC(CO)NC(=O)CCNc1cccc(Cl)c1. The van der Waals surface area contributed by atoms with Gasteiger partial charge in [0.25, 0.3) is 0 Å². The molecule has 1 rings (SSSR count). The molecule has 1 unspecified atom stereocenters. The summed E-state index contributed by atoms with van der Waals surface area (Å²) in [6.45, 7) is 2.43. The Morgan fingerprint density at radius 2 is 2.28 bits per heavy atom. The van der Waals surface area contributed by atoms with Crippen molar-refractivity contribution in [3.05, 3.63) is 29.3 Å². The number of hydrogen-bond acceptors (Lipinski definition) is 3. The predicted molar refractivity (Wildman–Crippen MR) is 73.9 cm³/mol. The summed E-state index contributed by atoms with van der Waals surface area (Å²) in [7, 11) is 0. The number of rotatable bonds is 7. The number of amides is 1. The highest BCUT2D eigenvalue weighted by molar-refractivity contribution is 6.30. The second kappa shape index (κ2) is 7.95. The summed E-state index contributed by atoms with van der Waals surface area (Å²) in [5.74, 6) is -0.0644. The molecule has 0 aliphatic rings. The van der Waals surface area contributed by atoms with Gasteiger partial charge in [0.15, 0.2) is 0 Å². The third kappa shape index (κ3) is 5.38. The van der Waals surface area contributed by atoms with Crippen LogP contribution >= 0.6 is 11.6 Å². The number of carbonyl (C=O) groups excluding carboxylic acids is 1. The van der Waals surface area contributed by atoms with E-state index in [0.717, 1.165) is 12.1 Å². The van der Waals surface area contributed by atoms with Gasteiger partial charge in [-0.3, -0.25) is 4.79 Å². The van der Waals surface area contributed by atoms with Gasteiger partial charge in [-0.15, -0.1) is 0 Å². The molecular formula is C13H19ClN2O2. The second-order valence-electron chi connectivity index (χ2n) is 4.04. The molecule has 0 radical (unpaired) electrons. The summed E-state index contributed by atoms with van der Waals surface area (Å²) >= 11 is 5.85. The molecule has 0 bridgehead atoms. The van der Waals surface area contributed by atoms with E-state index in [1.807, 2.05) is 25.1 Å². The van der Waals surface area contributed by atoms with E-state index in [1.54, 1.807) is 6.07 Å². The molecule has 0 spiro atoms. The molecule has 0 aliphatic heterocycles. The number of carbonyl (C=O) groups is 1. The molecule has 0 saturated heterocycles. The molecule has 1 aromatic carbocycles. The number of nitrogens with one attached hydrogen (secondary N) is 2. The summed E-state index contributed by atoms with van der Waals surface area (Å²) in [5, 5.41) is 15.5. The van der Waals surface area contributed by atoms with E-state index in [1.165, 1.54) is 0 Å². The van der Waals surface area contributed by atoms with Gasteiger partial charge in [-0.1, -0.05) is 24.6 Å². The summed E-state index contributed by atoms with van der Waals surface area (Å²) in [4.78, 5) is 11.5. The number of aliphatic hydroxyl groups is 1. The molecule has 1 atom stereocenters. The van der Waals surface area contributed by atoms with E-state index < -0.39 is 0 Å². The fourth-order valence-corrected chi connectivity index (χ4v) is 1.69. The Morgan fingerprint density at radius 3 is 2.89 bits per heavy atom. The van der Waals surface area contributed by atoms with Crippen LogP contribution in [0.15, 0.2) is 24.3 Å². The van der Waals surface area contributed by atoms with Crippen LogP contribution in [0.4, 0.5) is 5.69 Å². The minimum atomic E-state index is -0.149. The van der Waals surface area contributed by atoms with Crippen molar-refractivity contribution in [1.29, 1.82) is 0 Å². The van der Waals surface area contributed by atoms with Gasteiger partial charge in [0.2, 0.25) is 5.91 Å². The molecule has 5 heteroatoms. The molecule has 4 nitrogen and oxygen atoms in total. The van der Waals surface area contributed by atoms with Crippen molar-refractivity contribution < 1.29 is 9.90 Å². The first kappa shape index (κ1) is 14.8. The zero-order valence-electron chi connectivity index (χ0n) is 10.4. The number of halogens is 1. The zero-order chi connectivity index (χ0) is 13.4. The fraction of sp³-hybridized carbons (Fsp3) is 0.462. The average Bonchev–Trinajstić information content (AvgIpc) is 2.36. The van der Waals surface area contributed by atoms with Gasteiger partial charge in [0, 0.05) is 23.7 Å². The van der Waals surface area contributed by atoms with Gasteiger partial charge in [-0.05, 0) is 24.6 Å². The zero-order valence-corrected chi connectivity index (χ0v) is 11.2. The average molecular weight is 271 g/mol. The lowest BCUT2D eigenvalue weighted by atomic mass is 10.2. The van der Waals surface area contributed by atoms with Crippen molar-refractivity contribution in [2.75, 3.05) is 18.5 Å². The molecule has 1 amide bonds. The highest BCUT2D eigenvalue weighted by atomic mass is 35.5. The van der Waals surface area contributed by atoms with Crippen LogP contribution in [0.5, 0.6) is 0 Å². The Labute approximate surface area is 112 Å². The minimum Gasteiger partial charge on any atom is -0.394 e. The van der Waals surface area contributed by atoms with E-state index in [-0.39, 0.29) is 18.6 Å². The maximum Gasteiger partial charge on any atom is 0.222 e. The van der Waals surface area contributed by atoms with Crippen LogP contribution in [-0.4, -0.2) is 30.2 Å². The first-order chi connectivity index (χ1) is 8.65. The summed E-state index contributed by atoms with van der Waals surface area (Å²) in [6, 6.07) is 7.20. The lowest BCUT2D eigenvalue weighted by Crippen LogP contribution is -2.37. The number of hydrogen-bond donors (Lipinski definition) is 3. The number of aliphatic hydroxyl groups excluding tert-OH is 1. The molecular weight excluding hydrogens is 252 g/mol. The highest BCUT2D eigenvalue weighted by Crippen LogP contribution is 2.14.